The van der Waals surface area contributed by atoms with Crippen LogP contribution < -0.4 is 9.47 Å². The lowest BCUT2D eigenvalue weighted by molar-refractivity contribution is 0.103. The number of ether oxygens (including phenoxy) is 3. The molecule has 2 aromatic heterocycles. The van der Waals surface area contributed by atoms with E-state index < -0.39 is 0 Å². The summed E-state index contributed by atoms with van der Waals surface area (Å²) in [4.78, 5) is 0.811. The van der Waals surface area contributed by atoms with E-state index in [-0.39, 0.29) is 6.10 Å². The molecule has 0 bridgehead atoms. The lowest BCUT2D eigenvalue weighted by Crippen LogP contribution is -2.04. The van der Waals surface area contributed by atoms with Gasteiger partial charge in [-0.25, -0.2) is 0 Å². The molecule has 1 saturated heterocycles. The van der Waals surface area contributed by atoms with E-state index in [0.717, 1.165) is 58.7 Å². The van der Waals surface area contributed by atoms with Crippen molar-refractivity contribution in [3.63, 3.8) is 0 Å². The number of aromatic nitrogens is 4. The Morgan fingerprint density at radius 3 is 3.09 bits per heavy atom. The minimum absolute atomic E-state index is 0.0190. The fourth-order valence-electron chi connectivity index (χ4n) is 2.95. The van der Waals surface area contributed by atoms with Gasteiger partial charge in [0.05, 0.1) is 0 Å². The van der Waals surface area contributed by atoms with Crippen molar-refractivity contribution in [3.8, 4) is 11.5 Å². The van der Waals surface area contributed by atoms with E-state index in [2.05, 4.69) is 15.3 Å². The Kier molecular flexibility index (Phi) is 2.98. The average Bonchev–Trinajstić information content (AvgIpc) is 3.30. The van der Waals surface area contributed by atoms with E-state index in [1.165, 1.54) is 0 Å². The lowest BCUT2D eigenvalue weighted by atomic mass is 10.1. The van der Waals surface area contributed by atoms with Gasteiger partial charge in [-0.1, -0.05) is 17.4 Å². The van der Waals surface area contributed by atoms with Gasteiger partial charge in [0, 0.05) is 13.0 Å². The first-order valence-electron chi connectivity index (χ1n) is 7.58. The minimum Gasteiger partial charge on any atom is -0.454 e. The van der Waals surface area contributed by atoms with E-state index in [9.17, 15) is 0 Å². The minimum atomic E-state index is 0.0190. The van der Waals surface area contributed by atoms with Gasteiger partial charge in [0.15, 0.2) is 17.3 Å². The molecule has 2 aliphatic rings. The number of rotatable bonds is 3. The smallest absolute Gasteiger partial charge is 0.234 e. The molecule has 1 aromatic carbocycles. The van der Waals surface area contributed by atoms with Gasteiger partial charge in [-0.2, -0.15) is 9.61 Å². The summed E-state index contributed by atoms with van der Waals surface area (Å²) in [6, 6.07) is 5.98. The van der Waals surface area contributed by atoms with Crippen LogP contribution in [0.2, 0.25) is 0 Å². The molecule has 0 aliphatic carbocycles. The van der Waals surface area contributed by atoms with Crippen molar-refractivity contribution in [3.05, 3.63) is 34.6 Å². The van der Waals surface area contributed by atoms with E-state index in [4.69, 9.17) is 14.2 Å². The van der Waals surface area contributed by atoms with Crippen LogP contribution in [0.5, 0.6) is 11.5 Å². The highest BCUT2D eigenvalue weighted by atomic mass is 32.1. The van der Waals surface area contributed by atoms with Crippen molar-refractivity contribution in [2.75, 3.05) is 13.4 Å². The first-order chi connectivity index (χ1) is 11.4. The second kappa shape index (κ2) is 5.17. The van der Waals surface area contributed by atoms with Gasteiger partial charge >= 0.3 is 0 Å². The highest BCUT2D eigenvalue weighted by molar-refractivity contribution is 7.16. The predicted octanol–water partition coefficient (Wildman–Crippen LogP) is 2.36. The third-order valence-electron chi connectivity index (χ3n) is 4.07. The summed E-state index contributed by atoms with van der Waals surface area (Å²) in [5, 5.41) is 14.1. The zero-order chi connectivity index (χ0) is 15.2. The third-order valence-corrected chi connectivity index (χ3v) is 4.97. The fourth-order valence-corrected chi connectivity index (χ4v) is 3.83. The Morgan fingerprint density at radius 2 is 2.17 bits per heavy atom. The Labute approximate surface area is 135 Å². The monoisotopic (exact) mass is 330 g/mol. The van der Waals surface area contributed by atoms with E-state index >= 15 is 0 Å². The first-order valence-corrected chi connectivity index (χ1v) is 8.39. The normalized spacial score (nSPS) is 19.7. The van der Waals surface area contributed by atoms with Crippen LogP contribution in [0.4, 0.5) is 0 Å². The molecule has 8 heteroatoms. The molecule has 2 aliphatic heterocycles. The Morgan fingerprint density at radius 1 is 1.22 bits per heavy atom. The molecular weight excluding hydrogens is 316 g/mol. The first kappa shape index (κ1) is 13.3. The summed E-state index contributed by atoms with van der Waals surface area (Å²) in [5.41, 5.74) is 1.14. The molecule has 118 valence electrons. The number of hydrogen-bond donors (Lipinski definition) is 0. The molecule has 0 unspecified atom stereocenters. The van der Waals surface area contributed by atoms with Crippen molar-refractivity contribution in [1.82, 2.24) is 19.8 Å². The van der Waals surface area contributed by atoms with Crippen LogP contribution in [0.15, 0.2) is 18.2 Å². The van der Waals surface area contributed by atoms with Crippen LogP contribution in [-0.4, -0.2) is 33.2 Å². The second-order valence-electron chi connectivity index (χ2n) is 5.61. The second-order valence-corrected chi connectivity index (χ2v) is 6.65. The molecule has 0 amide bonds. The summed E-state index contributed by atoms with van der Waals surface area (Å²) in [6.07, 6.45) is 2.80. The van der Waals surface area contributed by atoms with Crippen molar-refractivity contribution >= 4 is 16.3 Å². The van der Waals surface area contributed by atoms with Crippen LogP contribution in [0.1, 0.15) is 35.3 Å². The van der Waals surface area contributed by atoms with Gasteiger partial charge < -0.3 is 14.2 Å². The molecule has 23 heavy (non-hydrogen) atoms. The van der Waals surface area contributed by atoms with Crippen LogP contribution in [-0.2, 0) is 11.2 Å². The topological polar surface area (TPSA) is 70.8 Å². The predicted molar refractivity (Wildman–Crippen MR) is 82.0 cm³/mol. The fraction of sp³-hybridized carbons (Fsp3) is 0.400. The Balaban J connectivity index is 1.44. The van der Waals surface area contributed by atoms with Crippen molar-refractivity contribution < 1.29 is 14.2 Å². The number of nitrogens with zero attached hydrogens (tertiary/aromatic N) is 4. The molecule has 1 atom stereocenters. The van der Waals surface area contributed by atoms with Crippen molar-refractivity contribution in [1.29, 1.82) is 0 Å². The van der Waals surface area contributed by atoms with Crippen LogP contribution >= 0.6 is 11.3 Å². The maximum absolute atomic E-state index is 5.69. The maximum Gasteiger partial charge on any atom is 0.234 e. The van der Waals surface area contributed by atoms with Crippen LogP contribution in [0.3, 0.4) is 0 Å². The largest absolute Gasteiger partial charge is 0.454 e. The summed E-state index contributed by atoms with van der Waals surface area (Å²) in [6.45, 7) is 1.08. The van der Waals surface area contributed by atoms with Gasteiger partial charge in [0.25, 0.3) is 0 Å². The van der Waals surface area contributed by atoms with Gasteiger partial charge in [0.1, 0.15) is 11.1 Å². The van der Waals surface area contributed by atoms with Crippen molar-refractivity contribution in [2.45, 2.75) is 25.4 Å². The quantitative estimate of drug-likeness (QED) is 0.734. The Hall–Kier alpha value is -2.19. The summed E-state index contributed by atoms with van der Waals surface area (Å²) < 4.78 is 18.3. The van der Waals surface area contributed by atoms with Crippen molar-refractivity contribution in [2.24, 2.45) is 0 Å². The van der Waals surface area contributed by atoms with E-state index in [1.807, 2.05) is 22.7 Å². The van der Waals surface area contributed by atoms with Crippen LogP contribution in [0, 0.1) is 0 Å². The molecule has 0 radical (unpaired) electrons. The van der Waals surface area contributed by atoms with Gasteiger partial charge in [-0.15, -0.1) is 10.2 Å². The van der Waals surface area contributed by atoms with Gasteiger partial charge in [0.2, 0.25) is 11.8 Å². The molecule has 0 N–H and O–H groups in total. The van der Waals surface area contributed by atoms with E-state index in [0.29, 0.717) is 6.79 Å². The number of benzene rings is 1. The third kappa shape index (κ3) is 2.25. The van der Waals surface area contributed by atoms with Gasteiger partial charge in [-0.3, -0.25) is 0 Å². The molecule has 3 aromatic rings. The molecule has 5 rings (SSSR count). The average molecular weight is 330 g/mol. The van der Waals surface area contributed by atoms with Gasteiger partial charge in [-0.05, 0) is 30.5 Å². The SMILES string of the molecule is c1cc2c(cc1Cc1nn3c([C@@H]4CCCO4)nnc3s1)OCO2. The standard InChI is InChI=1S/C15H14N4O3S/c1-2-11(20-5-1)14-16-17-15-19(14)18-13(23-15)7-9-3-4-10-12(6-9)22-8-21-10/h3-4,6,11H,1-2,5,7-8H2/t11-/m0/s1. The summed E-state index contributed by atoms with van der Waals surface area (Å²) in [7, 11) is 0. The molecule has 0 spiro atoms. The molecule has 0 saturated carbocycles. The Bertz CT molecular complexity index is 869. The zero-order valence-corrected chi connectivity index (χ0v) is 13.1. The molecule has 4 heterocycles. The lowest BCUT2D eigenvalue weighted by Gasteiger charge is -2.04. The zero-order valence-electron chi connectivity index (χ0n) is 12.3. The molecule has 1 fully saturated rings. The van der Waals surface area contributed by atoms with Crippen LogP contribution in [0.25, 0.3) is 4.96 Å². The number of fused-ring (bicyclic) bond motifs is 2. The van der Waals surface area contributed by atoms with E-state index in [1.54, 1.807) is 11.3 Å². The summed E-state index contributed by atoms with van der Waals surface area (Å²) in [5.74, 6) is 2.41. The highest BCUT2D eigenvalue weighted by Gasteiger charge is 2.25. The molecular formula is C15H14N4O3S. The summed E-state index contributed by atoms with van der Waals surface area (Å²) >= 11 is 1.56. The maximum atomic E-state index is 5.69. The number of hydrogen-bond acceptors (Lipinski definition) is 7. The highest BCUT2D eigenvalue weighted by Crippen LogP contribution is 2.34. The molecule has 7 nitrogen and oxygen atoms in total.